The lowest BCUT2D eigenvalue weighted by Crippen LogP contribution is -1.91. The van der Waals surface area contributed by atoms with Gasteiger partial charge in [0.15, 0.2) is 11.6 Å². The van der Waals surface area contributed by atoms with Crippen LogP contribution in [-0.2, 0) is 0 Å². The van der Waals surface area contributed by atoms with Gasteiger partial charge in [-0.25, -0.2) is 8.78 Å². The number of rotatable bonds is 1. The number of aliphatic hydroxyl groups is 1. The van der Waals surface area contributed by atoms with Gasteiger partial charge in [0.25, 0.3) is 0 Å². The topological polar surface area (TPSA) is 20.2 Å². The molecule has 0 aliphatic carbocycles. The zero-order valence-electron chi connectivity index (χ0n) is 6.19. The summed E-state index contributed by atoms with van der Waals surface area (Å²) in [6.45, 7) is 0. The molecule has 0 atom stereocenters. The van der Waals surface area contributed by atoms with Crippen LogP contribution in [-0.4, -0.2) is 5.11 Å². The lowest BCUT2D eigenvalue weighted by molar-refractivity contribution is 0.277. The lowest BCUT2D eigenvalue weighted by Gasteiger charge is -1.99. The number of hydrogen-bond donors (Lipinski definition) is 1. The summed E-state index contributed by atoms with van der Waals surface area (Å²) in [5.41, 5.74) is -0.944. The van der Waals surface area contributed by atoms with Crippen molar-refractivity contribution < 1.29 is 22.7 Å². The summed E-state index contributed by atoms with van der Waals surface area (Å²) >= 11 is 0. The van der Waals surface area contributed by atoms with Gasteiger partial charge in [0.05, 0.1) is 5.56 Å². The van der Waals surface area contributed by atoms with Crippen LogP contribution in [0.5, 0.6) is 0 Å². The minimum Gasteiger partial charge on any atom is -0.484 e. The number of benzene rings is 1. The van der Waals surface area contributed by atoms with E-state index in [0.29, 0.717) is 0 Å². The van der Waals surface area contributed by atoms with Crippen LogP contribution in [0.3, 0.4) is 0 Å². The second-order valence-electron chi connectivity index (χ2n) is 2.21. The normalized spacial score (nSPS) is 12.6. The Hall–Kier alpha value is -1.52. The second-order valence-corrected chi connectivity index (χ2v) is 2.21. The van der Waals surface area contributed by atoms with E-state index in [2.05, 4.69) is 0 Å². The van der Waals surface area contributed by atoms with Gasteiger partial charge in [0.2, 0.25) is 5.83 Å². The zero-order valence-corrected chi connectivity index (χ0v) is 6.19. The van der Waals surface area contributed by atoms with E-state index in [0.717, 1.165) is 18.2 Å². The Morgan fingerprint density at radius 3 is 2.31 bits per heavy atom. The predicted octanol–water partition coefficient (Wildman–Crippen LogP) is 3.09. The van der Waals surface area contributed by atoms with Crippen molar-refractivity contribution in [2.75, 3.05) is 0 Å². The van der Waals surface area contributed by atoms with E-state index in [1.165, 1.54) is 0 Å². The van der Waals surface area contributed by atoms with Crippen molar-refractivity contribution in [1.82, 2.24) is 0 Å². The molecule has 0 bridgehead atoms. The molecule has 0 radical (unpaired) electrons. The Balaban J connectivity index is 3.32. The highest BCUT2D eigenvalue weighted by Gasteiger charge is 2.15. The van der Waals surface area contributed by atoms with Gasteiger partial charge in [-0.3, -0.25) is 0 Å². The third-order valence-corrected chi connectivity index (χ3v) is 1.37. The van der Waals surface area contributed by atoms with Crippen molar-refractivity contribution in [2.24, 2.45) is 0 Å². The third-order valence-electron chi connectivity index (χ3n) is 1.37. The summed E-state index contributed by atoms with van der Waals surface area (Å²) in [5.74, 6) is -4.67. The van der Waals surface area contributed by atoms with Crippen molar-refractivity contribution in [3.8, 4) is 0 Å². The van der Waals surface area contributed by atoms with Gasteiger partial charge >= 0.3 is 6.01 Å². The minimum atomic E-state index is -2.18. The van der Waals surface area contributed by atoms with Gasteiger partial charge in [-0.2, -0.15) is 8.78 Å². The standard InChI is InChI=1S/C8H4F4O/c9-5-3-1-2-4(6(5)10)7(11)8(12)13/h1-3,13H. The monoisotopic (exact) mass is 192 g/mol. The molecule has 0 fully saturated rings. The van der Waals surface area contributed by atoms with Crippen LogP contribution in [0.2, 0.25) is 0 Å². The summed E-state index contributed by atoms with van der Waals surface area (Å²) in [6.07, 6.45) is 0. The minimum absolute atomic E-state index is 0.751. The summed E-state index contributed by atoms with van der Waals surface area (Å²) in [6, 6.07) is 0.380. The molecule has 5 heteroatoms. The van der Waals surface area contributed by atoms with Crippen LogP contribution in [0.1, 0.15) is 5.56 Å². The molecule has 1 aromatic carbocycles. The molecule has 0 spiro atoms. The fourth-order valence-corrected chi connectivity index (χ4v) is 0.784. The summed E-state index contributed by atoms with van der Waals surface area (Å²) in [4.78, 5) is 0. The van der Waals surface area contributed by atoms with E-state index in [-0.39, 0.29) is 0 Å². The zero-order chi connectivity index (χ0) is 10.0. The summed E-state index contributed by atoms with van der Waals surface area (Å²) < 4.78 is 49.5. The van der Waals surface area contributed by atoms with E-state index in [9.17, 15) is 17.6 Å². The lowest BCUT2D eigenvalue weighted by atomic mass is 10.2. The number of aliphatic hydroxyl groups excluding tert-OH is 1. The first-order valence-corrected chi connectivity index (χ1v) is 3.22. The SMILES string of the molecule is OC(F)=C(F)c1cccc(F)c1F. The van der Waals surface area contributed by atoms with Crippen molar-refractivity contribution in [2.45, 2.75) is 0 Å². The third kappa shape index (κ3) is 1.80. The van der Waals surface area contributed by atoms with Gasteiger partial charge in [0.1, 0.15) is 0 Å². The van der Waals surface area contributed by atoms with Crippen molar-refractivity contribution in [3.63, 3.8) is 0 Å². The number of hydrogen-bond acceptors (Lipinski definition) is 1. The predicted molar refractivity (Wildman–Crippen MR) is 38.1 cm³/mol. The maximum atomic E-state index is 12.7. The van der Waals surface area contributed by atoms with Crippen LogP contribution in [0.15, 0.2) is 24.2 Å². The molecule has 1 aromatic rings. The van der Waals surface area contributed by atoms with E-state index in [1.807, 2.05) is 0 Å². The maximum absolute atomic E-state index is 12.7. The fraction of sp³-hybridized carbons (Fsp3) is 0. The van der Waals surface area contributed by atoms with Crippen LogP contribution in [0, 0.1) is 11.6 Å². The first kappa shape index (κ1) is 9.57. The summed E-state index contributed by atoms with van der Waals surface area (Å²) in [7, 11) is 0. The Bertz CT molecular complexity index is 355. The van der Waals surface area contributed by atoms with Crippen LogP contribution >= 0.6 is 0 Å². The molecule has 1 N–H and O–H groups in total. The molecule has 0 saturated carbocycles. The maximum Gasteiger partial charge on any atom is 0.307 e. The molecule has 70 valence electrons. The van der Waals surface area contributed by atoms with E-state index in [4.69, 9.17) is 5.11 Å². The first-order chi connectivity index (χ1) is 6.04. The van der Waals surface area contributed by atoms with Gasteiger partial charge in [-0.15, -0.1) is 0 Å². The van der Waals surface area contributed by atoms with E-state index >= 15 is 0 Å². The molecule has 1 rings (SSSR count). The highest BCUT2D eigenvalue weighted by Crippen LogP contribution is 2.23. The van der Waals surface area contributed by atoms with Crippen molar-refractivity contribution >= 4 is 5.83 Å². The Kier molecular flexibility index (Phi) is 2.55. The van der Waals surface area contributed by atoms with Gasteiger partial charge in [0, 0.05) is 0 Å². The first-order valence-electron chi connectivity index (χ1n) is 3.22. The molecule has 1 nitrogen and oxygen atoms in total. The molecular formula is C8H4F4O. The summed E-state index contributed by atoms with van der Waals surface area (Å²) in [5, 5.41) is 8.04. The molecule has 0 aliphatic rings. The molecule has 0 aromatic heterocycles. The van der Waals surface area contributed by atoms with Gasteiger partial charge in [-0.05, 0) is 12.1 Å². The fourth-order valence-electron chi connectivity index (χ4n) is 0.784. The van der Waals surface area contributed by atoms with Crippen LogP contribution in [0.25, 0.3) is 5.83 Å². The average molecular weight is 192 g/mol. The molecule has 13 heavy (non-hydrogen) atoms. The Morgan fingerprint density at radius 1 is 1.15 bits per heavy atom. The molecule has 0 unspecified atom stereocenters. The van der Waals surface area contributed by atoms with Crippen molar-refractivity contribution in [3.05, 3.63) is 41.4 Å². The van der Waals surface area contributed by atoms with Crippen molar-refractivity contribution in [1.29, 1.82) is 0 Å². The molecule has 0 heterocycles. The highest BCUT2D eigenvalue weighted by molar-refractivity contribution is 5.59. The quantitative estimate of drug-likeness (QED) is 0.535. The molecule has 0 amide bonds. The van der Waals surface area contributed by atoms with Gasteiger partial charge in [-0.1, -0.05) is 6.07 Å². The van der Waals surface area contributed by atoms with E-state index < -0.39 is 29.0 Å². The van der Waals surface area contributed by atoms with Crippen LogP contribution < -0.4 is 0 Å². The van der Waals surface area contributed by atoms with E-state index in [1.54, 1.807) is 0 Å². The smallest absolute Gasteiger partial charge is 0.307 e. The Labute approximate surface area is 70.9 Å². The number of halogens is 4. The average Bonchev–Trinajstić information content (AvgIpc) is 2.08. The Morgan fingerprint density at radius 2 is 1.77 bits per heavy atom. The molecule has 0 saturated heterocycles. The van der Waals surface area contributed by atoms with Gasteiger partial charge < -0.3 is 5.11 Å². The largest absolute Gasteiger partial charge is 0.484 e. The highest BCUT2D eigenvalue weighted by atomic mass is 19.2. The second kappa shape index (κ2) is 3.47. The molecule has 0 aliphatic heterocycles. The molecular weight excluding hydrogens is 188 g/mol. The van der Waals surface area contributed by atoms with Crippen LogP contribution in [0.4, 0.5) is 17.6 Å².